The molecule has 2 atom stereocenters. The molecule has 4 heteroatoms. The zero-order valence-corrected chi connectivity index (χ0v) is 40.8. The first-order chi connectivity index (χ1) is 24.8. The van der Waals surface area contributed by atoms with Gasteiger partial charge in [-0.15, -0.1) is 0 Å². The van der Waals surface area contributed by atoms with Crippen LogP contribution in [-0.4, -0.2) is 11.0 Å². The maximum absolute atomic E-state index is 3.12. The fourth-order valence-corrected chi connectivity index (χ4v) is 21.7. The number of benzene rings is 4. The normalized spacial score (nSPS) is 16.0. The first kappa shape index (κ1) is 48.4. The molecule has 0 saturated carbocycles. The van der Waals surface area contributed by atoms with Gasteiger partial charge in [0, 0.05) is 0 Å². The molecule has 0 spiro atoms. The van der Waals surface area contributed by atoms with Crippen molar-refractivity contribution in [3.8, 4) is 22.3 Å². The van der Waals surface area contributed by atoms with Crippen LogP contribution in [-0.2, 0) is 20.3 Å². The maximum Gasteiger partial charge on any atom is -0.0149 e. The molecule has 0 fully saturated rings. The number of halogens is 2. The van der Waals surface area contributed by atoms with Crippen LogP contribution in [0.2, 0.25) is 9.26 Å². The molecule has 0 nitrogen and oxygen atoms in total. The van der Waals surface area contributed by atoms with Crippen LogP contribution < -0.4 is 24.8 Å². The van der Waals surface area contributed by atoms with Crippen molar-refractivity contribution in [2.45, 2.75) is 149 Å². The molecule has 6 rings (SSSR count). The summed E-state index contributed by atoms with van der Waals surface area (Å²) < 4.78 is 6.60. The van der Waals surface area contributed by atoms with Crippen LogP contribution in [0.3, 0.4) is 0 Å². The van der Waals surface area contributed by atoms with Crippen molar-refractivity contribution in [3.63, 3.8) is 0 Å². The fourth-order valence-electron chi connectivity index (χ4n) is 9.59. The van der Waals surface area contributed by atoms with Crippen LogP contribution >= 0.6 is 0 Å². The van der Waals surface area contributed by atoms with Gasteiger partial charge in [0.15, 0.2) is 0 Å². The van der Waals surface area contributed by atoms with E-state index in [0.717, 1.165) is 0 Å². The first-order valence-electron chi connectivity index (χ1n) is 20.8. The van der Waals surface area contributed by atoms with Gasteiger partial charge in [0.2, 0.25) is 0 Å². The smallest absolute Gasteiger partial charge is 0.0149 e. The van der Waals surface area contributed by atoms with Gasteiger partial charge in [-0.05, 0) is 11.0 Å². The number of hydrogen-bond acceptors (Lipinski definition) is 0. The summed E-state index contributed by atoms with van der Waals surface area (Å²) >= 11 is -3.12. The van der Waals surface area contributed by atoms with E-state index >= 15 is 0 Å². The van der Waals surface area contributed by atoms with E-state index in [4.69, 9.17) is 0 Å². The Morgan fingerprint density at radius 1 is 0.393 bits per heavy atom. The SMILES string of the molecule is CC1=Cc2c(-c3cc(C(C)C)cc(C(C)C)c3)cc(C(C)C)cc2[CH]1[Zr+2]([CH3])([CH3])[CH]1C(C)=Cc2c(-c3cc(C(C)C)cc(C(C)C)c3)cc(C(C)C)cc21.[Cl-].[Cl-].[SiH4]. The van der Waals surface area contributed by atoms with Crippen molar-refractivity contribution >= 4 is 23.1 Å². The predicted octanol–water partition coefficient (Wildman–Crippen LogP) is 9.18. The van der Waals surface area contributed by atoms with Crippen molar-refractivity contribution in [2.24, 2.45) is 0 Å². The quantitative estimate of drug-likeness (QED) is 0.140. The zero-order valence-electron chi connectivity index (χ0n) is 36.8. The molecule has 2 unspecified atom stereocenters. The van der Waals surface area contributed by atoms with E-state index in [1.54, 1.807) is 22.3 Å². The van der Waals surface area contributed by atoms with Crippen molar-refractivity contribution in [3.05, 3.63) is 127 Å². The second-order valence-corrected chi connectivity index (χ2v) is 31.1. The second kappa shape index (κ2) is 18.5. The van der Waals surface area contributed by atoms with Crippen molar-refractivity contribution < 1.29 is 45.1 Å². The minimum absolute atomic E-state index is 0. The Morgan fingerprint density at radius 3 is 0.893 bits per heavy atom. The van der Waals surface area contributed by atoms with E-state index in [1.807, 2.05) is 0 Å². The molecule has 0 radical (unpaired) electrons. The Morgan fingerprint density at radius 2 is 0.643 bits per heavy atom. The van der Waals surface area contributed by atoms with Gasteiger partial charge in [-0.2, -0.15) is 0 Å². The third-order valence-electron chi connectivity index (χ3n) is 12.8. The van der Waals surface area contributed by atoms with Crippen molar-refractivity contribution in [1.82, 2.24) is 0 Å². The molecule has 0 aliphatic heterocycles. The summed E-state index contributed by atoms with van der Waals surface area (Å²) in [6.45, 7) is 33.1. The van der Waals surface area contributed by atoms with Crippen LogP contribution in [0.25, 0.3) is 34.4 Å². The minimum Gasteiger partial charge on any atom is -1.00 e. The summed E-state index contributed by atoms with van der Waals surface area (Å²) in [5.74, 6) is 2.93. The van der Waals surface area contributed by atoms with Gasteiger partial charge in [0.1, 0.15) is 0 Å². The zero-order chi connectivity index (χ0) is 38.8. The van der Waals surface area contributed by atoms with E-state index in [2.05, 4.69) is 179 Å². The Hall–Kier alpha value is -1.96. The third kappa shape index (κ3) is 9.10. The molecule has 0 amide bonds. The summed E-state index contributed by atoms with van der Waals surface area (Å²) in [4.78, 5) is 0. The van der Waals surface area contributed by atoms with Gasteiger partial charge in [0.25, 0.3) is 0 Å². The van der Waals surface area contributed by atoms with Gasteiger partial charge in [-0.3, -0.25) is 0 Å². The van der Waals surface area contributed by atoms with Crippen molar-refractivity contribution in [1.29, 1.82) is 0 Å². The van der Waals surface area contributed by atoms with Gasteiger partial charge < -0.3 is 24.8 Å². The molecule has 0 bridgehead atoms. The van der Waals surface area contributed by atoms with E-state index in [0.29, 0.717) is 42.8 Å². The fraction of sp³-hybridized carbons (Fsp3) is 0.462. The molecule has 0 aromatic heterocycles. The molecule has 0 saturated heterocycles. The molecule has 4 aromatic carbocycles. The molecule has 0 heterocycles. The number of rotatable bonds is 10. The minimum atomic E-state index is -3.12. The van der Waals surface area contributed by atoms with Crippen LogP contribution in [0.4, 0.5) is 0 Å². The summed E-state index contributed by atoms with van der Waals surface area (Å²) in [5, 5.41) is 0. The average Bonchev–Trinajstić information content (AvgIpc) is 3.62. The van der Waals surface area contributed by atoms with E-state index in [-0.39, 0.29) is 35.8 Å². The molecular weight excluding hydrogens is 815 g/mol. The van der Waals surface area contributed by atoms with Gasteiger partial charge in [0.05, 0.1) is 0 Å². The average molecular weight is 887 g/mol. The summed E-state index contributed by atoms with van der Waals surface area (Å²) in [6, 6.07) is 25.2. The number of allylic oxidation sites excluding steroid dienone is 2. The van der Waals surface area contributed by atoms with Crippen LogP contribution in [0, 0.1) is 0 Å². The molecule has 0 N–H and O–H groups in total. The Bertz CT molecular complexity index is 1910. The van der Waals surface area contributed by atoms with Gasteiger partial charge in [-0.25, -0.2) is 0 Å². The summed E-state index contributed by atoms with van der Waals surface area (Å²) in [5.41, 5.74) is 23.8. The monoisotopic (exact) mass is 884 g/mol. The van der Waals surface area contributed by atoms with E-state index < -0.39 is 20.3 Å². The second-order valence-electron chi connectivity index (χ2n) is 19.3. The molecule has 2 aliphatic rings. The molecule has 56 heavy (non-hydrogen) atoms. The molecule has 4 aromatic rings. The van der Waals surface area contributed by atoms with Crippen LogP contribution in [0.1, 0.15) is 195 Å². The van der Waals surface area contributed by atoms with E-state index in [1.165, 1.54) is 66.8 Å². The largest absolute Gasteiger partial charge is 1.00 e. The maximum atomic E-state index is 2.78. The number of fused-ring (bicyclic) bond motifs is 2. The molecular formula is C52H72Cl2SiZr. The van der Waals surface area contributed by atoms with Crippen molar-refractivity contribution in [2.75, 3.05) is 0 Å². The van der Waals surface area contributed by atoms with E-state index in [9.17, 15) is 0 Å². The number of hydrogen-bond donors (Lipinski definition) is 0. The summed E-state index contributed by atoms with van der Waals surface area (Å²) in [6.07, 6.45) is 5.20. The summed E-state index contributed by atoms with van der Waals surface area (Å²) in [7, 11) is 0. The Kier molecular flexibility index (Phi) is 16.0. The van der Waals surface area contributed by atoms with Gasteiger partial charge in [-0.1, -0.05) is 0 Å². The van der Waals surface area contributed by atoms with Gasteiger partial charge >= 0.3 is 331 Å². The predicted molar refractivity (Wildman–Crippen MR) is 244 cm³/mol. The van der Waals surface area contributed by atoms with Crippen LogP contribution in [0.15, 0.2) is 71.8 Å². The topological polar surface area (TPSA) is 0 Å². The van der Waals surface area contributed by atoms with Crippen LogP contribution in [0.5, 0.6) is 0 Å². The Balaban J connectivity index is 0.00000280. The molecule has 302 valence electrons. The first-order valence-corrected chi connectivity index (χ1v) is 28.6. The Labute approximate surface area is 364 Å². The standard InChI is InChI=1S/2C25H31.2CH3.2ClH.H4Si.Zr/c2*1-15(2)19-10-20(16(3)4)12-23(11-19)25-14-21(17(5)6)13-22-8-18(7)9-24(22)25;;;;;;/h2*8-17H,1-7H3;2*1H3;2*1H;1H4;/q;;;;;;;+2/p-2. The molecule has 2 aliphatic carbocycles. The third-order valence-corrected chi connectivity index (χ3v) is 23.9.